The zero-order chi connectivity index (χ0) is 18.7. The standard InChI is InChI=1S/C20H22Cl2N2O2/c1-14-12-24(9-8-23(14)13-19(25)26)20(15-4-2-6-17(21)10-15)16-5-3-7-18(22)11-16/h2-7,10-11,14,20H,8-9,12-13H2,1H3,(H,25,26)/t14-/m1/s1. The van der Waals surface area contributed by atoms with Crippen LogP contribution < -0.4 is 0 Å². The molecule has 4 nitrogen and oxygen atoms in total. The molecule has 1 heterocycles. The molecule has 0 unspecified atom stereocenters. The van der Waals surface area contributed by atoms with Gasteiger partial charge in [0.15, 0.2) is 0 Å². The van der Waals surface area contributed by atoms with Crippen molar-refractivity contribution in [2.75, 3.05) is 26.2 Å². The van der Waals surface area contributed by atoms with E-state index in [2.05, 4.69) is 24.0 Å². The predicted molar refractivity (Wildman–Crippen MR) is 105 cm³/mol. The molecule has 26 heavy (non-hydrogen) atoms. The van der Waals surface area contributed by atoms with Crippen LogP contribution in [0.5, 0.6) is 0 Å². The molecule has 0 saturated carbocycles. The number of hydrogen-bond acceptors (Lipinski definition) is 3. The third-order valence-corrected chi connectivity index (χ3v) is 5.30. The SMILES string of the molecule is C[C@@H]1CN(C(c2cccc(Cl)c2)c2cccc(Cl)c2)CCN1CC(=O)O. The van der Waals surface area contributed by atoms with Crippen molar-refractivity contribution >= 4 is 29.2 Å². The third-order valence-electron chi connectivity index (χ3n) is 4.83. The molecule has 1 N–H and O–H groups in total. The zero-order valence-electron chi connectivity index (χ0n) is 14.6. The molecule has 1 saturated heterocycles. The fourth-order valence-corrected chi connectivity index (χ4v) is 4.03. The van der Waals surface area contributed by atoms with Gasteiger partial charge >= 0.3 is 5.97 Å². The summed E-state index contributed by atoms with van der Waals surface area (Å²) < 4.78 is 0. The minimum Gasteiger partial charge on any atom is -0.480 e. The Morgan fingerprint density at radius 1 is 1.12 bits per heavy atom. The summed E-state index contributed by atoms with van der Waals surface area (Å²) in [5, 5.41) is 10.5. The summed E-state index contributed by atoms with van der Waals surface area (Å²) in [6, 6.07) is 16.0. The van der Waals surface area contributed by atoms with Crippen molar-refractivity contribution in [2.24, 2.45) is 0 Å². The maximum absolute atomic E-state index is 11.1. The van der Waals surface area contributed by atoms with Crippen molar-refractivity contribution in [3.63, 3.8) is 0 Å². The van der Waals surface area contributed by atoms with Gasteiger partial charge in [-0.2, -0.15) is 0 Å². The van der Waals surface area contributed by atoms with Gasteiger partial charge in [0.25, 0.3) is 0 Å². The van der Waals surface area contributed by atoms with Gasteiger partial charge in [0.05, 0.1) is 12.6 Å². The first kappa shape index (κ1) is 19.2. The maximum atomic E-state index is 11.1. The van der Waals surface area contributed by atoms with Gasteiger partial charge in [-0.1, -0.05) is 47.5 Å². The number of carboxylic acids is 1. The third kappa shape index (κ3) is 4.57. The molecule has 0 radical (unpaired) electrons. The number of carboxylic acid groups (broad SMARTS) is 1. The molecule has 2 aromatic carbocycles. The predicted octanol–water partition coefficient (Wildman–Crippen LogP) is 4.17. The number of hydrogen-bond donors (Lipinski definition) is 1. The van der Waals surface area contributed by atoms with E-state index in [0.717, 1.165) is 24.2 Å². The van der Waals surface area contributed by atoms with E-state index in [4.69, 9.17) is 28.3 Å². The van der Waals surface area contributed by atoms with Crippen LogP contribution in [0.25, 0.3) is 0 Å². The average Bonchev–Trinajstić information content (AvgIpc) is 2.57. The highest BCUT2D eigenvalue weighted by molar-refractivity contribution is 6.31. The van der Waals surface area contributed by atoms with E-state index in [9.17, 15) is 4.79 Å². The molecule has 1 aliphatic rings. The van der Waals surface area contributed by atoms with Gasteiger partial charge in [-0.3, -0.25) is 14.6 Å². The molecule has 2 aromatic rings. The fourth-order valence-electron chi connectivity index (χ4n) is 3.63. The summed E-state index contributed by atoms with van der Waals surface area (Å²) in [7, 11) is 0. The van der Waals surface area contributed by atoms with E-state index in [0.29, 0.717) is 16.6 Å². The van der Waals surface area contributed by atoms with Crippen LogP contribution in [0, 0.1) is 0 Å². The number of halogens is 2. The molecule has 3 rings (SSSR count). The van der Waals surface area contributed by atoms with Gasteiger partial charge < -0.3 is 5.11 Å². The van der Waals surface area contributed by atoms with Gasteiger partial charge in [-0.15, -0.1) is 0 Å². The van der Waals surface area contributed by atoms with Crippen LogP contribution in [0.1, 0.15) is 24.1 Å². The van der Waals surface area contributed by atoms with E-state index < -0.39 is 5.97 Å². The molecule has 138 valence electrons. The Balaban J connectivity index is 1.91. The first-order valence-corrected chi connectivity index (χ1v) is 9.40. The second-order valence-electron chi connectivity index (χ2n) is 6.72. The highest BCUT2D eigenvalue weighted by Gasteiger charge is 2.31. The molecule has 0 aliphatic carbocycles. The minimum absolute atomic E-state index is 0.0295. The number of rotatable bonds is 5. The molecule has 1 fully saturated rings. The van der Waals surface area contributed by atoms with Crippen molar-refractivity contribution in [3.05, 3.63) is 69.7 Å². The van der Waals surface area contributed by atoms with E-state index in [-0.39, 0.29) is 18.6 Å². The van der Waals surface area contributed by atoms with E-state index in [1.165, 1.54) is 0 Å². The van der Waals surface area contributed by atoms with Crippen molar-refractivity contribution < 1.29 is 9.90 Å². The monoisotopic (exact) mass is 392 g/mol. The first-order chi connectivity index (χ1) is 12.4. The molecule has 0 aromatic heterocycles. The number of nitrogens with zero attached hydrogens (tertiary/aromatic N) is 2. The van der Waals surface area contributed by atoms with Crippen LogP contribution in [-0.4, -0.2) is 53.1 Å². The van der Waals surface area contributed by atoms with Crippen molar-refractivity contribution in [1.29, 1.82) is 0 Å². The average molecular weight is 393 g/mol. The Morgan fingerprint density at radius 2 is 1.69 bits per heavy atom. The minimum atomic E-state index is -0.786. The largest absolute Gasteiger partial charge is 0.480 e. The number of aliphatic carboxylic acids is 1. The van der Waals surface area contributed by atoms with Crippen LogP contribution in [-0.2, 0) is 4.79 Å². The van der Waals surface area contributed by atoms with Gasteiger partial charge in [0.1, 0.15) is 0 Å². The fraction of sp³-hybridized carbons (Fsp3) is 0.350. The second-order valence-corrected chi connectivity index (χ2v) is 7.59. The number of carbonyl (C=O) groups is 1. The van der Waals surface area contributed by atoms with Crippen LogP contribution in [0.3, 0.4) is 0 Å². The molecule has 0 bridgehead atoms. The normalized spacial score (nSPS) is 19.0. The van der Waals surface area contributed by atoms with Gasteiger partial charge in [-0.25, -0.2) is 0 Å². The van der Waals surface area contributed by atoms with Crippen LogP contribution in [0.15, 0.2) is 48.5 Å². The lowest BCUT2D eigenvalue weighted by Crippen LogP contribution is -2.54. The summed E-state index contributed by atoms with van der Waals surface area (Å²) in [4.78, 5) is 15.4. The molecular formula is C20H22Cl2N2O2. The van der Waals surface area contributed by atoms with E-state index >= 15 is 0 Å². The lowest BCUT2D eigenvalue weighted by molar-refractivity contribution is -0.139. The first-order valence-electron chi connectivity index (χ1n) is 8.65. The van der Waals surface area contributed by atoms with E-state index in [1.54, 1.807) is 0 Å². The van der Waals surface area contributed by atoms with Crippen molar-refractivity contribution in [3.8, 4) is 0 Å². The highest BCUT2D eigenvalue weighted by Crippen LogP contribution is 2.33. The van der Waals surface area contributed by atoms with Crippen LogP contribution in [0.4, 0.5) is 0 Å². The Labute approximate surface area is 163 Å². The number of piperazine rings is 1. The summed E-state index contributed by atoms with van der Waals surface area (Å²) in [6.45, 7) is 4.42. The summed E-state index contributed by atoms with van der Waals surface area (Å²) in [5.74, 6) is -0.786. The Morgan fingerprint density at radius 3 is 2.15 bits per heavy atom. The lowest BCUT2D eigenvalue weighted by Gasteiger charge is -2.43. The topological polar surface area (TPSA) is 43.8 Å². The Bertz CT molecular complexity index is 738. The molecule has 0 spiro atoms. The zero-order valence-corrected chi connectivity index (χ0v) is 16.1. The summed E-state index contributed by atoms with van der Waals surface area (Å²) >= 11 is 12.5. The van der Waals surface area contributed by atoms with Gasteiger partial charge in [0.2, 0.25) is 0 Å². The molecule has 1 atom stereocenters. The van der Waals surface area contributed by atoms with Crippen molar-refractivity contribution in [1.82, 2.24) is 9.80 Å². The lowest BCUT2D eigenvalue weighted by atomic mass is 9.95. The molecular weight excluding hydrogens is 371 g/mol. The van der Waals surface area contributed by atoms with Gasteiger partial charge in [0, 0.05) is 35.7 Å². The molecule has 6 heteroatoms. The maximum Gasteiger partial charge on any atom is 0.317 e. The van der Waals surface area contributed by atoms with Crippen molar-refractivity contribution in [2.45, 2.75) is 19.0 Å². The highest BCUT2D eigenvalue weighted by atomic mass is 35.5. The smallest absolute Gasteiger partial charge is 0.317 e. The van der Waals surface area contributed by atoms with Crippen LogP contribution in [0.2, 0.25) is 10.0 Å². The van der Waals surface area contributed by atoms with E-state index in [1.807, 2.05) is 41.3 Å². The molecule has 1 aliphatic heterocycles. The number of benzene rings is 2. The summed E-state index contributed by atoms with van der Waals surface area (Å²) in [5.41, 5.74) is 2.22. The summed E-state index contributed by atoms with van der Waals surface area (Å²) in [6.07, 6.45) is 0. The quantitative estimate of drug-likeness (QED) is 0.828. The molecule has 0 amide bonds. The second kappa shape index (κ2) is 8.40. The Hall–Kier alpha value is -1.59. The Kier molecular flexibility index (Phi) is 6.20. The van der Waals surface area contributed by atoms with Gasteiger partial charge in [-0.05, 0) is 42.3 Å². The van der Waals surface area contributed by atoms with Crippen LogP contribution >= 0.6 is 23.2 Å².